The molecule has 0 aliphatic rings. The SMILES string of the molecule is CC(C)(C)C(=O)N[C@@H](COP(=O)(O)O)Cc1ccccc1. The van der Waals surface area contributed by atoms with Crippen molar-refractivity contribution < 1.29 is 23.7 Å². The summed E-state index contributed by atoms with van der Waals surface area (Å²) in [4.78, 5) is 29.6. The second kappa shape index (κ2) is 7.18. The van der Waals surface area contributed by atoms with Gasteiger partial charge in [-0.2, -0.15) is 0 Å². The van der Waals surface area contributed by atoms with Gasteiger partial charge in [-0.15, -0.1) is 0 Å². The fourth-order valence-electron chi connectivity index (χ4n) is 1.64. The van der Waals surface area contributed by atoms with Crippen LogP contribution in [0.25, 0.3) is 0 Å². The zero-order valence-electron chi connectivity index (χ0n) is 12.4. The summed E-state index contributed by atoms with van der Waals surface area (Å²) < 4.78 is 15.4. The van der Waals surface area contributed by atoms with E-state index in [2.05, 4.69) is 9.84 Å². The molecule has 7 heteroatoms. The average Bonchev–Trinajstić information content (AvgIpc) is 2.35. The quantitative estimate of drug-likeness (QED) is 0.697. The number of hydrogen-bond donors (Lipinski definition) is 3. The summed E-state index contributed by atoms with van der Waals surface area (Å²) in [6.07, 6.45) is 0.433. The lowest BCUT2D eigenvalue weighted by molar-refractivity contribution is -0.129. The van der Waals surface area contributed by atoms with Crippen molar-refractivity contribution in [3.63, 3.8) is 0 Å². The van der Waals surface area contributed by atoms with Crippen LogP contribution in [0.4, 0.5) is 0 Å². The fraction of sp³-hybridized carbons (Fsp3) is 0.500. The van der Waals surface area contributed by atoms with Crippen LogP contribution in [0.2, 0.25) is 0 Å². The van der Waals surface area contributed by atoms with Crippen molar-refractivity contribution in [3.05, 3.63) is 35.9 Å². The van der Waals surface area contributed by atoms with Crippen molar-refractivity contribution in [2.24, 2.45) is 5.41 Å². The van der Waals surface area contributed by atoms with Crippen molar-refractivity contribution >= 4 is 13.7 Å². The van der Waals surface area contributed by atoms with Gasteiger partial charge in [0, 0.05) is 5.41 Å². The van der Waals surface area contributed by atoms with Gasteiger partial charge >= 0.3 is 7.82 Å². The molecular formula is C14H22NO5P. The van der Waals surface area contributed by atoms with Gasteiger partial charge in [-0.05, 0) is 12.0 Å². The molecular weight excluding hydrogens is 293 g/mol. The van der Waals surface area contributed by atoms with E-state index in [0.717, 1.165) is 5.56 Å². The lowest BCUT2D eigenvalue weighted by Gasteiger charge is -2.24. The molecule has 1 aromatic carbocycles. The van der Waals surface area contributed by atoms with Crippen molar-refractivity contribution in [2.45, 2.75) is 33.2 Å². The molecule has 0 saturated heterocycles. The number of phosphoric ester groups is 1. The Hall–Kier alpha value is -1.20. The molecule has 118 valence electrons. The highest BCUT2D eigenvalue weighted by atomic mass is 31.2. The standard InChI is InChI=1S/C14H22NO5P/c1-14(2,3)13(16)15-12(10-20-21(17,18)19)9-11-7-5-4-6-8-11/h4-8,12H,9-10H2,1-3H3,(H,15,16)(H2,17,18,19)/t12-/m1/s1. The van der Waals surface area contributed by atoms with Gasteiger partial charge in [0.1, 0.15) is 0 Å². The van der Waals surface area contributed by atoms with Crippen LogP contribution in [-0.2, 0) is 20.3 Å². The Morgan fingerprint density at radius 1 is 1.29 bits per heavy atom. The fourth-order valence-corrected chi connectivity index (χ4v) is 2.01. The van der Waals surface area contributed by atoms with E-state index in [9.17, 15) is 9.36 Å². The Bertz CT molecular complexity index is 506. The molecule has 1 rings (SSSR count). The van der Waals surface area contributed by atoms with Crippen molar-refractivity contribution in [1.82, 2.24) is 5.32 Å². The number of carbonyl (C=O) groups is 1. The van der Waals surface area contributed by atoms with Crippen LogP contribution in [0.3, 0.4) is 0 Å². The summed E-state index contributed by atoms with van der Waals surface area (Å²) in [5.41, 5.74) is 0.364. The first-order valence-corrected chi connectivity index (χ1v) is 8.16. The molecule has 0 aliphatic carbocycles. The van der Waals surface area contributed by atoms with Crippen molar-refractivity contribution in [3.8, 4) is 0 Å². The molecule has 21 heavy (non-hydrogen) atoms. The summed E-state index contributed by atoms with van der Waals surface area (Å²) in [7, 11) is -4.56. The number of carbonyl (C=O) groups excluding carboxylic acids is 1. The first-order valence-electron chi connectivity index (χ1n) is 6.63. The minimum absolute atomic E-state index is 0.197. The molecule has 1 atom stereocenters. The summed E-state index contributed by atoms with van der Waals surface area (Å²) in [5, 5.41) is 2.77. The number of nitrogens with one attached hydrogen (secondary N) is 1. The van der Waals surface area contributed by atoms with E-state index in [-0.39, 0.29) is 12.5 Å². The number of phosphoric acid groups is 1. The lowest BCUT2D eigenvalue weighted by atomic mass is 9.94. The van der Waals surface area contributed by atoms with Gasteiger partial charge in [0.15, 0.2) is 0 Å². The van der Waals surface area contributed by atoms with Crippen LogP contribution in [0, 0.1) is 5.41 Å². The predicted molar refractivity (Wildman–Crippen MR) is 79.5 cm³/mol. The zero-order valence-corrected chi connectivity index (χ0v) is 13.3. The molecule has 0 aliphatic heterocycles. The smallest absolute Gasteiger partial charge is 0.350 e. The lowest BCUT2D eigenvalue weighted by Crippen LogP contribution is -2.44. The Labute approximate surface area is 124 Å². The molecule has 6 nitrogen and oxygen atoms in total. The van der Waals surface area contributed by atoms with Crippen molar-refractivity contribution in [1.29, 1.82) is 0 Å². The Morgan fingerprint density at radius 2 is 1.86 bits per heavy atom. The van der Waals surface area contributed by atoms with Crippen LogP contribution in [0.1, 0.15) is 26.3 Å². The molecule has 0 unspecified atom stereocenters. The Balaban J connectivity index is 2.75. The summed E-state index contributed by atoms with van der Waals surface area (Å²) in [6.45, 7) is 5.06. The normalized spacial score (nSPS) is 13.8. The maximum absolute atomic E-state index is 12.0. The van der Waals surface area contributed by atoms with E-state index in [0.29, 0.717) is 6.42 Å². The van der Waals surface area contributed by atoms with Crippen LogP contribution >= 0.6 is 7.82 Å². The molecule has 3 N–H and O–H groups in total. The van der Waals surface area contributed by atoms with Gasteiger partial charge in [-0.1, -0.05) is 51.1 Å². The highest BCUT2D eigenvalue weighted by Crippen LogP contribution is 2.35. The molecule has 0 spiro atoms. The van der Waals surface area contributed by atoms with Gasteiger partial charge in [-0.3, -0.25) is 9.32 Å². The zero-order chi connectivity index (χ0) is 16.1. The third-order valence-electron chi connectivity index (χ3n) is 2.79. The van der Waals surface area contributed by atoms with Crippen LogP contribution in [0.15, 0.2) is 30.3 Å². The molecule has 0 aromatic heterocycles. The number of hydrogen-bond acceptors (Lipinski definition) is 3. The minimum Gasteiger partial charge on any atom is -0.350 e. The van der Waals surface area contributed by atoms with Crippen LogP contribution in [-0.4, -0.2) is 28.3 Å². The van der Waals surface area contributed by atoms with E-state index < -0.39 is 19.3 Å². The molecule has 1 amide bonds. The maximum atomic E-state index is 12.0. The molecule has 0 saturated carbocycles. The van der Waals surface area contributed by atoms with Gasteiger partial charge in [0.05, 0.1) is 12.6 Å². The third-order valence-corrected chi connectivity index (χ3v) is 3.27. The molecule has 0 heterocycles. The van der Waals surface area contributed by atoms with E-state index >= 15 is 0 Å². The van der Waals surface area contributed by atoms with Gasteiger partial charge in [-0.25, -0.2) is 4.57 Å². The summed E-state index contributed by atoms with van der Waals surface area (Å²) in [6, 6.07) is 8.86. The molecule has 0 fully saturated rings. The van der Waals surface area contributed by atoms with Gasteiger partial charge in [0.25, 0.3) is 0 Å². The second-order valence-corrected chi connectivity index (χ2v) is 7.14. The van der Waals surface area contributed by atoms with E-state index in [1.165, 1.54) is 0 Å². The highest BCUT2D eigenvalue weighted by Gasteiger charge is 2.26. The first-order chi connectivity index (χ1) is 9.58. The van der Waals surface area contributed by atoms with Crippen LogP contribution < -0.4 is 5.32 Å². The molecule has 0 bridgehead atoms. The number of amides is 1. The molecule has 0 radical (unpaired) electrons. The summed E-state index contributed by atoms with van der Waals surface area (Å²) >= 11 is 0. The van der Waals surface area contributed by atoms with E-state index in [1.807, 2.05) is 30.3 Å². The highest BCUT2D eigenvalue weighted by molar-refractivity contribution is 7.46. The second-order valence-electron chi connectivity index (χ2n) is 5.90. The monoisotopic (exact) mass is 315 g/mol. The Morgan fingerprint density at radius 3 is 2.33 bits per heavy atom. The first kappa shape index (κ1) is 17.9. The van der Waals surface area contributed by atoms with Gasteiger partial charge < -0.3 is 15.1 Å². The van der Waals surface area contributed by atoms with Crippen LogP contribution in [0.5, 0.6) is 0 Å². The number of benzene rings is 1. The third kappa shape index (κ3) is 7.39. The topological polar surface area (TPSA) is 95.9 Å². The molecule has 1 aromatic rings. The minimum atomic E-state index is -4.56. The summed E-state index contributed by atoms with van der Waals surface area (Å²) in [5.74, 6) is -0.197. The number of rotatable bonds is 6. The largest absolute Gasteiger partial charge is 0.469 e. The maximum Gasteiger partial charge on any atom is 0.469 e. The average molecular weight is 315 g/mol. The van der Waals surface area contributed by atoms with E-state index in [1.54, 1.807) is 20.8 Å². The van der Waals surface area contributed by atoms with E-state index in [4.69, 9.17) is 9.79 Å². The Kier molecular flexibility index (Phi) is 6.10. The van der Waals surface area contributed by atoms with Crippen molar-refractivity contribution in [2.75, 3.05) is 6.61 Å². The predicted octanol–water partition coefficient (Wildman–Crippen LogP) is 1.87. The van der Waals surface area contributed by atoms with Gasteiger partial charge in [0.2, 0.25) is 5.91 Å².